The highest BCUT2D eigenvalue weighted by molar-refractivity contribution is 9.10. The van der Waals surface area contributed by atoms with Gasteiger partial charge in [0.1, 0.15) is 11.6 Å². The van der Waals surface area contributed by atoms with Gasteiger partial charge in [0.05, 0.1) is 21.1 Å². The van der Waals surface area contributed by atoms with E-state index in [0.29, 0.717) is 11.6 Å². The predicted molar refractivity (Wildman–Crippen MR) is 70.7 cm³/mol. The van der Waals surface area contributed by atoms with Gasteiger partial charge in [-0.25, -0.2) is 18.2 Å². The fraction of sp³-hybridized carbons (Fsp3) is 0. The number of hydrogen-bond acceptors (Lipinski definition) is 2. The van der Waals surface area contributed by atoms with Gasteiger partial charge in [0.2, 0.25) is 5.82 Å². The summed E-state index contributed by atoms with van der Waals surface area (Å²) in [7, 11) is 0. The van der Waals surface area contributed by atoms with E-state index in [1.54, 1.807) is 0 Å². The summed E-state index contributed by atoms with van der Waals surface area (Å²) >= 11 is 2.98. The third-order valence-electron chi connectivity index (χ3n) is 2.91. The van der Waals surface area contributed by atoms with E-state index in [1.807, 2.05) is 0 Å². The van der Waals surface area contributed by atoms with Crippen molar-refractivity contribution in [1.29, 1.82) is 0 Å². The summed E-state index contributed by atoms with van der Waals surface area (Å²) in [5.74, 6) is -6.61. The van der Waals surface area contributed by atoms with Crippen molar-refractivity contribution in [2.75, 3.05) is 0 Å². The average Bonchev–Trinajstić information content (AvgIpc) is 2.83. The number of aromatic hydroxyl groups is 1. The molecular weight excluding hydrogens is 356 g/mol. The molecule has 2 aromatic carbocycles. The number of fused-ring (bicyclic) bond motifs is 1. The summed E-state index contributed by atoms with van der Waals surface area (Å²) in [6, 6.07) is 3.03. The van der Waals surface area contributed by atoms with Crippen LogP contribution in [0.1, 0.15) is 0 Å². The van der Waals surface area contributed by atoms with Crippen molar-refractivity contribution >= 4 is 27.0 Å². The molecule has 0 aliphatic rings. The van der Waals surface area contributed by atoms with Crippen molar-refractivity contribution in [2.45, 2.75) is 0 Å². The highest BCUT2D eigenvalue weighted by Gasteiger charge is 2.21. The molecule has 0 fully saturated rings. The lowest BCUT2D eigenvalue weighted by Gasteiger charge is -2.03. The Balaban J connectivity index is 2.26. The van der Waals surface area contributed by atoms with Gasteiger partial charge in [0.15, 0.2) is 17.4 Å². The summed E-state index contributed by atoms with van der Waals surface area (Å²) in [6.07, 6.45) is 0. The van der Waals surface area contributed by atoms with Crippen LogP contribution in [-0.2, 0) is 0 Å². The van der Waals surface area contributed by atoms with Crippen LogP contribution in [0.4, 0.5) is 17.6 Å². The number of H-pyrrole nitrogens is 1. The first kappa shape index (κ1) is 13.9. The Morgan fingerprint density at radius 3 is 2.43 bits per heavy atom. The standard InChI is InChI=1S/C13H5BrF4N2O/c14-5-2-8-9(3-6(5)15)20-13(19-8)4-1-7(16)11(18)12(21)10(4)17/h1-3,21H,(H,19,20). The van der Waals surface area contributed by atoms with Crippen LogP contribution in [-0.4, -0.2) is 15.1 Å². The Morgan fingerprint density at radius 1 is 1.00 bits per heavy atom. The summed E-state index contributed by atoms with van der Waals surface area (Å²) < 4.78 is 53.7. The minimum Gasteiger partial charge on any atom is -0.503 e. The van der Waals surface area contributed by atoms with E-state index in [2.05, 4.69) is 25.9 Å². The van der Waals surface area contributed by atoms with Crippen LogP contribution >= 0.6 is 15.9 Å². The third kappa shape index (κ3) is 2.15. The largest absolute Gasteiger partial charge is 0.503 e. The van der Waals surface area contributed by atoms with Crippen LogP contribution in [0.2, 0.25) is 0 Å². The second-order valence-electron chi connectivity index (χ2n) is 4.25. The second-order valence-corrected chi connectivity index (χ2v) is 5.11. The Hall–Kier alpha value is -2.09. The smallest absolute Gasteiger partial charge is 0.203 e. The van der Waals surface area contributed by atoms with E-state index < -0.39 is 34.6 Å². The molecule has 0 radical (unpaired) electrons. The molecule has 0 saturated carbocycles. The maximum atomic E-state index is 13.8. The Kier molecular flexibility index (Phi) is 3.12. The van der Waals surface area contributed by atoms with Crippen molar-refractivity contribution in [1.82, 2.24) is 9.97 Å². The van der Waals surface area contributed by atoms with Crippen LogP contribution in [0, 0.1) is 23.3 Å². The van der Waals surface area contributed by atoms with Gasteiger partial charge in [-0.1, -0.05) is 0 Å². The molecule has 1 heterocycles. The molecule has 3 nitrogen and oxygen atoms in total. The zero-order chi connectivity index (χ0) is 15.3. The Bertz CT molecular complexity index is 839. The van der Waals surface area contributed by atoms with Gasteiger partial charge in [-0.3, -0.25) is 0 Å². The van der Waals surface area contributed by atoms with E-state index in [-0.39, 0.29) is 15.8 Å². The molecule has 0 aliphatic heterocycles. The number of nitrogens with one attached hydrogen (secondary N) is 1. The molecule has 0 saturated heterocycles. The number of phenols is 1. The number of aromatic amines is 1. The van der Waals surface area contributed by atoms with Gasteiger partial charge < -0.3 is 10.1 Å². The van der Waals surface area contributed by atoms with Crippen molar-refractivity contribution in [3.63, 3.8) is 0 Å². The Labute approximate surface area is 123 Å². The molecule has 0 amide bonds. The van der Waals surface area contributed by atoms with Crippen molar-refractivity contribution in [2.24, 2.45) is 0 Å². The second kappa shape index (κ2) is 4.73. The minimum atomic E-state index is -1.68. The summed E-state index contributed by atoms with van der Waals surface area (Å²) in [5.41, 5.74) is 0.0790. The van der Waals surface area contributed by atoms with Gasteiger partial charge in [-0.15, -0.1) is 0 Å². The van der Waals surface area contributed by atoms with Crippen LogP contribution in [0.5, 0.6) is 5.75 Å². The molecule has 3 rings (SSSR count). The molecule has 0 bridgehead atoms. The molecule has 108 valence electrons. The number of hydrogen-bond donors (Lipinski definition) is 2. The number of aromatic nitrogens is 2. The SMILES string of the molecule is Oc1c(F)c(F)cc(-c2nc3cc(Br)c(F)cc3[nH]2)c1F. The van der Waals surface area contributed by atoms with Gasteiger partial charge in [0.25, 0.3) is 0 Å². The lowest BCUT2D eigenvalue weighted by molar-refractivity contribution is 0.377. The van der Waals surface area contributed by atoms with Crippen molar-refractivity contribution in [3.05, 3.63) is 45.9 Å². The van der Waals surface area contributed by atoms with Gasteiger partial charge >= 0.3 is 0 Å². The van der Waals surface area contributed by atoms with E-state index in [9.17, 15) is 22.7 Å². The first-order chi connectivity index (χ1) is 9.88. The molecule has 0 unspecified atom stereocenters. The zero-order valence-electron chi connectivity index (χ0n) is 10.0. The van der Waals surface area contributed by atoms with Crippen LogP contribution in [0.3, 0.4) is 0 Å². The fourth-order valence-corrected chi connectivity index (χ4v) is 2.23. The van der Waals surface area contributed by atoms with Crippen molar-refractivity contribution < 1.29 is 22.7 Å². The predicted octanol–water partition coefficient (Wildman–Crippen LogP) is 4.25. The fourth-order valence-electron chi connectivity index (χ4n) is 1.90. The van der Waals surface area contributed by atoms with Crippen LogP contribution in [0.15, 0.2) is 22.7 Å². The Morgan fingerprint density at radius 2 is 1.71 bits per heavy atom. The monoisotopic (exact) mass is 360 g/mol. The molecule has 2 N–H and O–H groups in total. The van der Waals surface area contributed by atoms with E-state index in [0.717, 1.165) is 6.07 Å². The van der Waals surface area contributed by atoms with Crippen LogP contribution in [0.25, 0.3) is 22.4 Å². The summed E-state index contributed by atoms with van der Waals surface area (Å²) in [4.78, 5) is 6.55. The van der Waals surface area contributed by atoms with Gasteiger partial charge in [-0.05, 0) is 28.1 Å². The molecule has 1 aromatic heterocycles. The van der Waals surface area contributed by atoms with Gasteiger partial charge in [-0.2, -0.15) is 4.39 Å². The lowest BCUT2D eigenvalue weighted by Crippen LogP contribution is -1.94. The molecule has 3 aromatic rings. The van der Waals surface area contributed by atoms with E-state index in [4.69, 9.17) is 0 Å². The highest BCUT2D eigenvalue weighted by atomic mass is 79.9. The lowest BCUT2D eigenvalue weighted by atomic mass is 10.1. The normalized spacial score (nSPS) is 11.3. The zero-order valence-corrected chi connectivity index (χ0v) is 11.6. The van der Waals surface area contributed by atoms with E-state index in [1.165, 1.54) is 6.07 Å². The number of phenolic OH excluding ortho intramolecular Hbond substituents is 1. The number of imidazole rings is 1. The van der Waals surface area contributed by atoms with E-state index >= 15 is 0 Å². The topological polar surface area (TPSA) is 48.9 Å². The van der Waals surface area contributed by atoms with Crippen molar-refractivity contribution in [3.8, 4) is 17.1 Å². The first-order valence-electron chi connectivity index (χ1n) is 5.60. The maximum Gasteiger partial charge on any atom is 0.203 e. The van der Waals surface area contributed by atoms with Gasteiger partial charge in [0, 0.05) is 6.07 Å². The first-order valence-corrected chi connectivity index (χ1v) is 6.39. The average molecular weight is 361 g/mol. The molecule has 8 heteroatoms. The highest BCUT2D eigenvalue weighted by Crippen LogP contribution is 2.32. The number of halogens is 5. The number of benzene rings is 2. The minimum absolute atomic E-state index is 0.154. The number of nitrogens with zero attached hydrogens (tertiary/aromatic N) is 1. The third-order valence-corrected chi connectivity index (χ3v) is 3.52. The maximum absolute atomic E-state index is 13.8. The van der Waals surface area contributed by atoms with Crippen LogP contribution < -0.4 is 0 Å². The molecule has 0 spiro atoms. The summed E-state index contributed by atoms with van der Waals surface area (Å²) in [5, 5.41) is 9.19. The summed E-state index contributed by atoms with van der Waals surface area (Å²) in [6.45, 7) is 0. The quantitative estimate of drug-likeness (QED) is 0.503. The molecule has 0 aliphatic carbocycles. The number of rotatable bonds is 1. The molecule has 21 heavy (non-hydrogen) atoms. The molecular formula is C13H5BrF4N2O. The molecule has 0 atom stereocenters.